The molecule has 0 aliphatic carbocycles. The molecule has 3 rings (SSSR count). The van der Waals surface area contributed by atoms with Crippen molar-refractivity contribution < 1.29 is 13.9 Å². The Morgan fingerprint density at radius 1 is 1.48 bits per heavy atom. The van der Waals surface area contributed by atoms with Crippen molar-refractivity contribution in [2.75, 3.05) is 32.8 Å². The van der Waals surface area contributed by atoms with Gasteiger partial charge in [0.2, 0.25) is 5.89 Å². The van der Waals surface area contributed by atoms with E-state index in [1.165, 1.54) is 0 Å². The highest BCUT2D eigenvalue weighted by Gasteiger charge is 2.21. The Kier molecular flexibility index (Phi) is 5.09. The molecule has 7 heteroatoms. The third-order valence-corrected chi connectivity index (χ3v) is 4.83. The second-order valence-corrected chi connectivity index (χ2v) is 6.56. The first kappa shape index (κ1) is 16.2. The molecule has 0 radical (unpaired) electrons. The van der Waals surface area contributed by atoms with E-state index in [2.05, 4.69) is 22.1 Å². The Morgan fingerprint density at radius 2 is 2.26 bits per heavy atom. The first-order valence-corrected chi connectivity index (χ1v) is 8.64. The zero-order chi connectivity index (χ0) is 16.2. The Labute approximate surface area is 139 Å². The molecule has 3 heterocycles. The van der Waals surface area contributed by atoms with Crippen LogP contribution < -0.4 is 5.32 Å². The van der Waals surface area contributed by atoms with E-state index in [9.17, 15) is 4.79 Å². The maximum absolute atomic E-state index is 12.4. The van der Waals surface area contributed by atoms with E-state index in [-0.39, 0.29) is 11.9 Å². The normalized spacial score (nSPS) is 17.1. The fourth-order valence-corrected chi connectivity index (χ4v) is 3.23. The number of ether oxygens (including phenoxy) is 1. The maximum atomic E-state index is 12.4. The SMILES string of the molecule is Cc1oc(-c2cccs2)nc1C(=O)NCC(C)N1CCOCC1. The highest BCUT2D eigenvalue weighted by Crippen LogP contribution is 2.25. The largest absolute Gasteiger partial charge is 0.440 e. The van der Waals surface area contributed by atoms with Crippen LogP contribution in [0.5, 0.6) is 0 Å². The molecule has 1 fully saturated rings. The molecule has 2 aromatic heterocycles. The fraction of sp³-hybridized carbons (Fsp3) is 0.500. The second kappa shape index (κ2) is 7.25. The highest BCUT2D eigenvalue weighted by molar-refractivity contribution is 7.13. The molecular formula is C16H21N3O3S. The molecule has 0 spiro atoms. The number of oxazole rings is 1. The predicted molar refractivity (Wildman–Crippen MR) is 88.7 cm³/mol. The lowest BCUT2D eigenvalue weighted by Crippen LogP contribution is -2.47. The average Bonchev–Trinajstić information content (AvgIpc) is 3.22. The third kappa shape index (κ3) is 3.80. The van der Waals surface area contributed by atoms with Crippen LogP contribution in [0.15, 0.2) is 21.9 Å². The van der Waals surface area contributed by atoms with Gasteiger partial charge in [-0.15, -0.1) is 11.3 Å². The van der Waals surface area contributed by atoms with Crippen LogP contribution in [0.25, 0.3) is 10.8 Å². The number of aromatic nitrogens is 1. The van der Waals surface area contributed by atoms with Gasteiger partial charge in [0.1, 0.15) is 5.76 Å². The zero-order valence-corrected chi connectivity index (χ0v) is 14.2. The minimum atomic E-state index is -0.186. The summed E-state index contributed by atoms with van der Waals surface area (Å²) in [5, 5.41) is 4.91. The fourth-order valence-electron chi connectivity index (χ4n) is 2.58. The number of nitrogens with one attached hydrogen (secondary N) is 1. The molecule has 1 amide bonds. The van der Waals surface area contributed by atoms with Gasteiger partial charge >= 0.3 is 0 Å². The van der Waals surface area contributed by atoms with E-state index in [4.69, 9.17) is 9.15 Å². The third-order valence-electron chi connectivity index (χ3n) is 3.97. The number of carbonyl (C=O) groups is 1. The van der Waals surface area contributed by atoms with Crippen LogP contribution in [0.4, 0.5) is 0 Å². The molecule has 1 atom stereocenters. The van der Waals surface area contributed by atoms with E-state index < -0.39 is 0 Å². The van der Waals surface area contributed by atoms with Gasteiger partial charge in [-0.25, -0.2) is 4.98 Å². The summed E-state index contributed by atoms with van der Waals surface area (Å²) in [6, 6.07) is 4.13. The average molecular weight is 335 g/mol. The zero-order valence-electron chi connectivity index (χ0n) is 13.4. The van der Waals surface area contributed by atoms with Gasteiger partial charge in [-0.2, -0.15) is 0 Å². The van der Waals surface area contributed by atoms with Crippen molar-refractivity contribution in [1.29, 1.82) is 0 Å². The van der Waals surface area contributed by atoms with E-state index >= 15 is 0 Å². The topological polar surface area (TPSA) is 67.6 Å². The number of rotatable bonds is 5. The molecular weight excluding hydrogens is 314 g/mol. The molecule has 1 aliphatic heterocycles. The van der Waals surface area contributed by atoms with Gasteiger partial charge in [0.15, 0.2) is 5.69 Å². The van der Waals surface area contributed by atoms with E-state index in [1.807, 2.05) is 17.5 Å². The number of amides is 1. The van der Waals surface area contributed by atoms with Gasteiger partial charge in [-0.1, -0.05) is 6.07 Å². The van der Waals surface area contributed by atoms with Crippen molar-refractivity contribution in [3.8, 4) is 10.8 Å². The number of thiophene rings is 1. The van der Waals surface area contributed by atoms with Crippen molar-refractivity contribution in [1.82, 2.24) is 15.2 Å². The first-order chi connectivity index (χ1) is 11.1. The minimum Gasteiger partial charge on any atom is -0.440 e. The van der Waals surface area contributed by atoms with Crippen LogP contribution in [-0.2, 0) is 4.74 Å². The summed E-state index contributed by atoms with van der Waals surface area (Å²) in [6.45, 7) is 7.78. The van der Waals surface area contributed by atoms with E-state index in [1.54, 1.807) is 18.3 Å². The van der Waals surface area contributed by atoms with Gasteiger partial charge in [0, 0.05) is 25.7 Å². The van der Waals surface area contributed by atoms with Crippen molar-refractivity contribution in [3.63, 3.8) is 0 Å². The van der Waals surface area contributed by atoms with Gasteiger partial charge in [-0.05, 0) is 25.3 Å². The number of hydrogen-bond acceptors (Lipinski definition) is 6. The van der Waals surface area contributed by atoms with Crippen LogP contribution in [0.3, 0.4) is 0 Å². The molecule has 0 saturated carbocycles. The molecule has 6 nitrogen and oxygen atoms in total. The predicted octanol–water partition coefficient (Wildman–Crippen LogP) is 2.16. The summed E-state index contributed by atoms with van der Waals surface area (Å²) < 4.78 is 11.0. The summed E-state index contributed by atoms with van der Waals surface area (Å²) in [4.78, 5) is 19.9. The molecule has 1 saturated heterocycles. The van der Waals surface area contributed by atoms with Crippen molar-refractivity contribution in [3.05, 3.63) is 29.0 Å². The molecule has 0 bridgehead atoms. The molecule has 1 aliphatic rings. The van der Waals surface area contributed by atoms with Crippen LogP contribution in [0, 0.1) is 6.92 Å². The Bertz CT molecular complexity index is 648. The van der Waals surface area contributed by atoms with E-state index in [0.29, 0.717) is 23.9 Å². The smallest absolute Gasteiger partial charge is 0.273 e. The lowest BCUT2D eigenvalue weighted by atomic mass is 10.2. The van der Waals surface area contributed by atoms with Crippen LogP contribution in [0.2, 0.25) is 0 Å². The lowest BCUT2D eigenvalue weighted by molar-refractivity contribution is 0.0204. The Hall–Kier alpha value is -1.70. The van der Waals surface area contributed by atoms with Gasteiger partial charge in [0.25, 0.3) is 5.91 Å². The maximum Gasteiger partial charge on any atom is 0.273 e. The summed E-state index contributed by atoms with van der Waals surface area (Å²) in [7, 11) is 0. The van der Waals surface area contributed by atoms with Gasteiger partial charge in [-0.3, -0.25) is 9.69 Å². The second-order valence-electron chi connectivity index (χ2n) is 5.61. The van der Waals surface area contributed by atoms with Crippen LogP contribution in [-0.4, -0.2) is 54.7 Å². The number of morpholine rings is 1. The van der Waals surface area contributed by atoms with Crippen LogP contribution >= 0.6 is 11.3 Å². The molecule has 0 aromatic carbocycles. The number of carbonyl (C=O) groups excluding carboxylic acids is 1. The lowest BCUT2D eigenvalue weighted by Gasteiger charge is -2.32. The molecule has 1 N–H and O–H groups in total. The number of nitrogens with zero attached hydrogens (tertiary/aromatic N) is 2. The molecule has 23 heavy (non-hydrogen) atoms. The Morgan fingerprint density at radius 3 is 2.96 bits per heavy atom. The summed E-state index contributed by atoms with van der Waals surface area (Å²) >= 11 is 1.54. The molecule has 2 aromatic rings. The van der Waals surface area contributed by atoms with Crippen LogP contribution in [0.1, 0.15) is 23.2 Å². The van der Waals surface area contributed by atoms with Crippen molar-refractivity contribution >= 4 is 17.2 Å². The highest BCUT2D eigenvalue weighted by atomic mass is 32.1. The molecule has 1 unspecified atom stereocenters. The summed E-state index contributed by atoms with van der Waals surface area (Å²) in [6.07, 6.45) is 0. The van der Waals surface area contributed by atoms with Gasteiger partial charge in [0.05, 0.1) is 18.1 Å². The monoisotopic (exact) mass is 335 g/mol. The Balaban J connectivity index is 1.60. The summed E-state index contributed by atoms with van der Waals surface area (Å²) in [5.74, 6) is 0.864. The van der Waals surface area contributed by atoms with Crippen molar-refractivity contribution in [2.45, 2.75) is 19.9 Å². The number of aryl methyl sites for hydroxylation is 1. The number of hydrogen-bond donors (Lipinski definition) is 1. The minimum absolute atomic E-state index is 0.186. The van der Waals surface area contributed by atoms with Crippen molar-refractivity contribution in [2.24, 2.45) is 0 Å². The molecule has 124 valence electrons. The first-order valence-electron chi connectivity index (χ1n) is 7.76. The standard InChI is InChI=1S/C16H21N3O3S/c1-11(19-5-7-21-8-6-19)10-17-15(20)14-12(2)22-16(18-14)13-4-3-9-23-13/h3-4,9,11H,5-8,10H2,1-2H3,(H,17,20). The quantitative estimate of drug-likeness (QED) is 0.907. The summed E-state index contributed by atoms with van der Waals surface area (Å²) in [5.41, 5.74) is 0.363. The van der Waals surface area contributed by atoms with Gasteiger partial charge < -0.3 is 14.5 Å². The van der Waals surface area contributed by atoms with E-state index in [0.717, 1.165) is 31.2 Å².